The van der Waals surface area contributed by atoms with Crippen LogP contribution in [0, 0.1) is 5.82 Å². The third-order valence-corrected chi connectivity index (χ3v) is 2.99. The van der Waals surface area contributed by atoms with Gasteiger partial charge in [-0.25, -0.2) is 4.39 Å². The molecule has 0 fully saturated rings. The molecule has 1 atom stereocenters. The number of hydrogen-bond acceptors (Lipinski definition) is 3. The molecule has 0 amide bonds. The molecule has 19 heavy (non-hydrogen) atoms. The number of aliphatic hydroxyl groups is 1. The maximum Gasteiger partial charge on any atom is 0.165 e. The zero-order valence-corrected chi connectivity index (χ0v) is 10.6. The molecule has 1 unspecified atom stereocenters. The average Bonchev–Trinajstić information content (AvgIpc) is 2.46. The number of nitrogens with two attached hydrogens (primary N) is 1. The lowest BCUT2D eigenvalue weighted by molar-refractivity contribution is 0.219. The van der Waals surface area contributed by atoms with Crippen LogP contribution in [0.5, 0.6) is 5.75 Å². The van der Waals surface area contributed by atoms with E-state index in [4.69, 9.17) is 10.5 Å². The van der Waals surface area contributed by atoms with Crippen molar-refractivity contribution in [2.75, 3.05) is 7.11 Å². The van der Waals surface area contributed by atoms with Crippen LogP contribution in [0.25, 0.3) is 0 Å². The van der Waals surface area contributed by atoms with Crippen molar-refractivity contribution in [1.29, 1.82) is 0 Å². The highest BCUT2D eigenvalue weighted by Crippen LogP contribution is 2.26. The van der Waals surface area contributed by atoms with E-state index in [0.717, 1.165) is 5.56 Å². The van der Waals surface area contributed by atoms with Crippen molar-refractivity contribution in [3.05, 3.63) is 65.0 Å². The molecule has 0 aliphatic rings. The van der Waals surface area contributed by atoms with E-state index in [9.17, 15) is 9.50 Å². The topological polar surface area (TPSA) is 55.5 Å². The Labute approximate surface area is 111 Å². The van der Waals surface area contributed by atoms with Gasteiger partial charge in [0.2, 0.25) is 0 Å². The van der Waals surface area contributed by atoms with Gasteiger partial charge >= 0.3 is 0 Å². The molecule has 0 aliphatic heterocycles. The van der Waals surface area contributed by atoms with Gasteiger partial charge < -0.3 is 15.6 Å². The third-order valence-electron chi connectivity index (χ3n) is 2.99. The Morgan fingerprint density at radius 2 is 1.95 bits per heavy atom. The molecule has 3 N–H and O–H groups in total. The first-order valence-corrected chi connectivity index (χ1v) is 5.96. The van der Waals surface area contributed by atoms with Crippen LogP contribution in [0.15, 0.2) is 42.5 Å². The van der Waals surface area contributed by atoms with Crippen molar-refractivity contribution in [2.45, 2.75) is 12.6 Å². The van der Waals surface area contributed by atoms with E-state index < -0.39 is 11.9 Å². The Morgan fingerprint density at radius 3 is 2.58 bits per heavy atom. The highest BCUT2D eigenvalue weighted by atomic mass is 19.1. The number of hydrogen-bond donors (Lipinski definition) is 2. The van der Waals surface area contributed by atoms with Gasteiger partial charge in [-0.15, -0.1) is 0 Å². The molecule has 0 radical (unpaired) electrons. The van der Waals surface area contributed by atoms with E-state index in [-0.39, 0.29) is 5.75 Å². The van der Waals surface area contributed by atoms with Crippen LogP contribution in [0.3, 0.4) is 0 Å². The molecule has 0 saturated carbocycles. The molecule has 3 nitrogen and oxygen atoms in total. The fraction of sp³-hybridized carbons (Fsp3) is 0.200. The Hall–Kier alpha value is -1.91. The molecular weight excluding hydrogens is 245 g/mol. The summed E-state index contributed by atoms with van der Waals surface area (Å²) in [6.07, 6.45) is -0.882. The predicted molar refractivity (Wildman–Crippen MR) is 71.3 cm³/mol. The fourth-order valence-electron chi connectivity index (χ4n) is 1.94. The second kappa shape index (κ2) is 5.82. The second-order valence-corrected chi connectivity index (χ2v) is 4.25. The van der Waals surface area contributed by atoms with E-state index in [1.54, 1.807) is 12.1 Å². The van der Waals surface area contributed by atoms with Gasteiger partial charge in [-0.2, -0.15) is 0 Å². The molecule has 2 aromatic carbocycles. The van der Waals surface area contributed by atoms with Crippen LogP contribution in [0.4, 0.5) is 4.39 Å². The van der Waals surface area contributed by atoms with E-state index in [1.807, 2.05) is 18.2 Å². The Morgan fingerprint density at radius 1 is 1.21 bits per heavy atom. The zero-order valence-electron chi connectivity index (χ0n) is 10.6. The lowest BCUT2D eigenvalue weighted by Crippen LogP contribution is -2.03. The Kier molecular flexibility index (Phi) is 4.14. The van der Waals surface area contributed by atoms with E-state index >= 15 is 0 Å². The standard InChI is InChI=1S/C15H16FNO2/c1-19-14-6-5-12(8-13(14)16)15(18)11-4-2-3-10(7-11)9-17/h2-8,15,18H,9,17H2,1H3. The normalized spacial score (nSPS) is 12.2. The van der Waals surface area contributed by atoms with Crippen LogP contribution < -0.4 is 10.5 Å². The predicted octanol–water partition coefficient (Wildman–Crippen LogP) is 2.37. The molecule has 0 aromatic heterocycles. The summed E-state index contributed by atoms with van der Waals surface area (Å²) in [5.74, 6) is -0.333. The summed E-state index contributed by atoms with van der Waals surface area (Å²) in [7, 11) is 1.40. The Balaban J connectivity index is 2.32. The number of ether oxygens (including phenoxy) is 1. The van der Waals surface area contributed by atoms with Crippen molar-refractivity contribution < 1.29 is 14.2 Å². The number of halogens is 1. The molecule has 0 aliphatic carbocycles. The van der Waals surface area contributed by atoms with Gasteiger partial charge in [0, 0.05) is 6.54 Å². The minimum atomic E-state index is -0.882. The maximum absolute atomic E-state index is 13.6. The summed E-state index contributed by atoms with van der Waals surface area (Å²) < 4.78 is 18.5. The van der Waals surface area contributed by atoms with Gasteiger partial charge in [0.1, 0.15) is 6.10 Å². The van der Waals surface area contributed by atoms with Gasteiger partial charge in [0.05, 0.1) is 7.11 Å². The fourth-order valence-corrected chi connectivity index (χ4v) is 1.94. The molecule has 4 heteroatoms. The molecule has 0 heterocycles. The van der Waals surface area contributed by atoms with E-state index in [0.29, 0.717) is 17.7 Å². The third kappa shape index (κ3) is 2.92. The van der Waals surface area contributed by atoms with E-state index in [1.165, 1.54) is 19.2 Å². The minimum Gasteiger partial charge on any atom is -0.494 e. The van der Waals surface area contributed by atoms with Crippen LogP contribution in [0.2, 0.25) is 0 Å². The van der Waals surface area contributed by atoms with Crippen molar-refractivity contribution >= 4 is 0 Å². The largest absolute Gasteiger partial charge is 0.494 e. The first-order chi connectivity index (χ1) is 9.15. The summed E-state index contributed by atoms with van der Waals surface area (Å²) in [6.45, 7) is 0.400. The monoisotopic (exact) mass is 261 g/mol. The summed E-state index contributed by atoms with van der Waals surface area (Å²) >= 11 is 0. The molecule has 2 rings (SSSR count). The van der Waals surface area contributed by atoms with Crippen molar-refractivity contribution in [3.63, 3.8) is 0 Å². The molecule has 0 saturated heterocycles. The number of benzene rings is 2. The SMILES string of the molecule is COc1ccc(C(O)c2cccc(CN)c2)cc1F. The smallest absolute Gasteiger partial charge is 0.165 e. The van der Waals surface area contributed by atoms with Crippen LogP contribution in [-0.2, 0) is 6.54 Å². The highest BCUT2D eigenvalue weighted by Gasteiger charge is 2.13. The second-order valence-electron chi connectivity index (χ2n) is 4.25. The average molecular weight is 261 g/mol. The molecule has 0 spiro atoms. The van der Waals surface area contributed by atoms with Crippen molar-refractivity contribution in [3.8, 4) is 5.75 Å². The summed E-state index contributed by atoms with van der Waals surface area (Å²) in [6, 6.07) is 11.7. The summed E-state index contributed by atoms with van der Waals surface area (Å²) in [5.41, 5.74) is 7.65. The molecule has 0 bridgehead atoms. The lowest BCUT2D eigenvalue weighted by atomic mass is 9.99. The molecule has 100 valence electrons. The van der Waals surface area contributed by atoms with Crippen LogP contribution in [-0.4, -0.2) is 12.2 Å². The van der Waals surface area contributed by atoms with Gasteiger partial charge in [-0.1, -0.05) is 30.3 Å². The van der Waals surface area contributed by atoms with Gasteiger partial charge in [0.25, 0.3) is 0 Å². The zero-order chi connectivity index (χ0) is 13.8. The van der Waals surface area contributed by atoms with Gasteiger partial charge in [0.15, 0.2) is 11.6 Å². The highest BCUT2D eigenvalue weighted by molar-refractivity contribution is 5.36. The summed E-state index contributed by atoms with van der Waals surface area (Å²) in [5, 5.41) is 10.3. The van der Waals surface area contributed by atoms with Crippen LogP contribution >= 0.6 is 0 Å². The minimum absolute atomic E-state index is 0.159. The van der Waals surface area contributed by atoms with Gasteiger partial charge in [-0.05, 0) is 28.8 Å². The molecule has 2 aromatic rings. The molecular formula is C15H16FNO2. The first-order valence-electron chi connectivity index (χ1n) is 5.96. The van der Waals surface area contributed by atoms with Crippen molar-refractivity contribution in [2.24, 2.45) is 5.73 Å². The first kappa shape index (κ1) is 13.5. The number of aliphatic hydroxyl groups excluding tert-OH is 1. The van der Waals surface area contributed by atoms with Crippen LogP contribution in [0.1, 0.15) is 22.8 Å². The quantitative estimate of drug-likeness (QED) is 0.888. The number of rotatable bonds is 4. The Bertz CT molecular complexity index is 572. The van der Waals surface area contributed by atoms with Gasteiger partial charge in [-0.3, -0.25) is 0 Å². The number of methoxy groups -OCH3 is 1. The van der Waals surface area contributed by atoms with Crippen molar-refractivity contribution in [1.82, 2.24) is 0 Å². The van der Waals surface area contributed by atoms with E-state index in [2.05, 4.69) is 0 Å². The summed E-state index contributed by atoms with van der Waals surface area (Å²) in [4.78, 5) is 0. The maximum atomic E-state index is 13.6. The lowest BCUT2D eigenvalue weighted by Gasteiger charge is -2.13.